The largest absolute Gasteiger partial charge is 2.00 e. The molecule has 4 heteroatoms. The molecule has 0 amide bonds. The third kappa shape index (κ3) is 6.82. The predicted octanol–water partition coefficient (Wildman–Crippen LogP) is 5.50. The molecule has 1 heterocycles. The summed E-state index contributed by atoms with van der Waals surface area (Å²) in [6, 6.07) is 0. The molecule has 0 radical (unpaired) electrons. The van der Waals surface area contributed by atoms with E-state index in [4.69, 9.17) is 0 Å². The van der Waals surface area contributed by atoms with E-state index in [-0.39, 0.29) is 51.9 Å². The zero-order chi connectivity index (χ0) is 12.2. The monoisotopic (exact) mass is 339 g/mol. The standard InChI is InChI=1S/C11H17.C4H8N.2ClH.Ti/c1-6-11(5)7-8(2)9(3)10(11)4;1-2-4-5-3-1;;;/h6H2,1-5H3;1-4H2;2*1H;/q2*-1;;;+2. The average Bonchev–Trinajstić information content (AvgIpc) is 2.89. The van der Waals surface area contributed by atoms with Crippen LogP contribution >= 0.6 is 24.8 Å². The molecule has 0 bridgehead atoms. The Morgan fingerprint density at radius 1 is 1.11 bits per heavy atom. The van der Waals surface area contributed by atoms with Gasteiger partial charge in [0.2, 0.25) is 0 Å². The quantitative estimate of drug-likeness (QED) is 0.442. The molecule has 1 fully saturated rings. The number of hydrogen-bond acceptors (Lipinski definition) is 0. The Hall–Kier alpha value is 0.734. The molecule has 0 aromatic rings. The van der Waals surface area contributed by atoms with E-state index < -0.39 is 0 Å². The molecule has 1 aliphatic heterocycles. The summed E-state index contributed by atoms with van der Waals surface area (Å²) in [6.07, 6.45) is 7.35. The Labute approximate surface area is 146 Å². The van der Waals surface area contributed by atoms with Gasteiger partial charge in [-0.25, -0.2) is 5.57 Å². The number of rotatable bonds is 1. The molecule has 1 saturated heterocycles. The molecule has 1 aliphatic carbocycles. The number of allylic oxidation sites excluding steroid dienone is 4. The van der Waals surface area contributed by atoms with Crippen molar-refractivity contribution in [3.8, 4) is 0 Å². The van der Waals surface area contributed by atoms with Gasteiger partial charge in [0.1, 0.15) is 0 Å². The fraction of sp³-hybridized carbons (Fsp3) is 0.733. The first kappa shape index (κ1) is 24.7. The van der Waals surface area contributed by atoms with Crippen molar-refractivity contribution in [3.05, 3.63) is 28.1 Å². The van der Waals surface area contributed by atoms with Crippen molar-refractivity contribution in [2.45, 2.75) is 53.9 Å². The van der Waals surface area contributed by atoms with E-state index in [1.165, 1.54) is 29.6 Å². The van der Waals surface area contributed by atoms with Gasteiger partial charge >= 0.3 is 21.7 Å². The van der Waals surface area contributed by atoms with Crippen molar-refractivity contribution in [3.63, 3.8) is 0 Å². The van der Waals surface area contributed by atoms with Crippen molar-refractivity contribution >= 4 is 24.8 Å². The van der Waals surface area contributed by atoms with E-state index in [1.54, 1.807) is 0 Å². The first-order valence-corrected chi connectivity index (χ1v) is 6.44. The fourth-order valence-corrected chi connectivity index (χ4v) is 2.21. The van der Waals surface area contributed by atoms with Gasteiger partial charge in [-0.3, -0.25) is 6.08 Å². The fourth-order valence-electron chi connectivity index (χ4n) is 2.21. The minimum absolute atomic E-state index is 0. The zero-order valence-electron chi connectivity index (χ0n) is 12.8. The molecule has 0 N–H and O–H groups in total. The van der Waals surface area contributed by atoms with E-state index in [0.29, 0.717) is 0 Å². The van der Waals surface area contributed by atoms with Crippen molar-refractivity contribution < 1.29 is 21.7 Å². The molecular formula is C15H27Cl2NTi. The summed E-state index contributed by atoms with van der Waals surface area (Å²) >= 11 is 0. The third-order valence-electron chi connectivity index (χ3n) is 4.01. The van der Waals surface area contributed by atoms with Gasteiger partial charge in [-0.05, 0) is 0 Å². The molecule has 1 nitrogen and oxygen atoms in total. The van der Waals surface area contributed by atoms with Crippen LogP contribution in [0.3, 0.4) is 0 Å². The van der Waals surface area contributed by atoms with E-state index >= 15 is 0 Å². The van der Waals surface area contributed by atoms with Crippen LogP contribution in [0.15, 0.2) is 16.7 Å². The van der Waals surface area contributed by atoms with Crippen molar-refractivity contribution in [2.75, 3.05) is 13.1 Å². The van der Waals surface area contributed by atoms with Crippen molar-refractivity contribution in [1.29, 1.82) is 0 Å². The molecule has 1 unspecified atom stereocenters. The van der Waals surface area contributed by atoms with Gasteiger partial charge in [-0.1, -0.05) is 52.4 Å². The molecule has 1 atom stereocenters. The average molecular weight is 340 g/mol. The second-order valence-corrected chi connectivity index (χ2v) is 5.06. The SMILES string of the molecule is C1CC[N-]C1.CCC1(C)[C-]=C(C)C(C)=C1C.Cl.Cl.[Ti+2]. The van der Waals surface area contributed by atoms with Crippen LogP contribution in [-0.4, -0.2) is 13.1 Å². The summed E-state index contributed by atoms with van der Waals surface area (Å²) in [7, 11) is 0. The third-order valence-corrected chi connectivity index (χ3v) is 4.01. The molecule has 0 aromatic carbocycles. The second kappa shape index (κ2) is 11.4. The Morgan fingerprint density at radius 3 is 1.74 bits per heavy atom. The minimum atomic E-state index is 0. The Morgan fingerprint density at radius 2 is 1.58 bits per heavy atom. The second-order valence-electron chi connectivity index (χ2n) is 5.06. The molecule has 0 aromatic heterocycles. The van der Waals surface area contributed by atoms with E-state index in [0.717, 1.165) is 19.5 Å². The maximum atomic E-state index is 4.08. The zero-order valence-corrected chi connectivity index (χ0v) is 16.0. The molecule has 110 valence electrons. The van der Waals surface area contributed by atoms with Gasteiger partial charge in [-0.15, -0.1) is 44.8 Å². The van der Waals surface area contributed by atoms with Crippen LogP contribution in [0.1, 0.15) is 53.9 Å². The summed E-state index contributed by atoms with van der Waals surface area (Å²) < 4.78 is 0. The van der Waals surface area contributed by atoms with Gasteiger partial charge in [0.15, 0.2) is 0 Å². The van der Waals surface area contributed by atoms with Crippen LogP contribution in [-0.2, 0) is 21.7 Å². The van der Waals surface area contributed by atoms with Crippen LogP contribution in [0.2, 0.25) is 0 Å². The summed E-state index contributed by atoms with van der Waals surface area (Å²) in [6.45, 7) is 13.3. The van der Waals surface area contributed by atoms with Crippen LogP contribution in [0.5, 0.6) is 0 Å². The van der Waals surface area contributed by atoms with E-state index in [2.05, 4.69) is 46.0 Å². The smallest absolute Gasteiger partial charge is 0.662 e. The first-order valence-electron chi connectivity index (χ1n) is 6.44. The van der Waals surface area contributed by atoms with Gasteiger partial charge in [0.25, 0.3) is 0 Å². The van der Waals surface area contributed by atoms with Crippen LogP contribution < -0.4 is 0 Å². The Balaban J connectivity index is -0.000000277. The van der Waals surface area contributed by atoms with Crippen LogP contribution in [0, 0.1) is 11.5 Å². The molecule has 2 rings (SSSR count). The van der Waals surface area contributed by atoms with Crippen LogP contribution in [0.4, 0.5) is 0 Å². The maximum Gasteiger partial charge on any atom is 2.00 e. The van der Waals surface area contributed by atoms with Gasteiger partial charge < -0.3 is 5.32 Å². The van der Waals surface area contributed by atoms with Gasteiger partial charge in [0, 0.05) is 0 Å². The normalized spacial score (nSPS) is 24.4. The summed E-state index contributed by atoms with van der Waals surface area (Å²) in [5.74, 6) is 0. The van der Waals surface area contributed by atoms with Gasteiger partial charge in [-0.2, -0.15) is 11.1 Å². The van der Waals surface area contributed by atoms with Crippen molar-refractivity contribution in [2.24, 2.45) is 5.41 Å². The molecule has 0 spiro atoms. The Bertz CT molecular complexity index is 302. The number of hydrogen-bond donors (Lipinski definition) is 0. The van der Waals surface area contributed by atoms with Crippen molar-refractivity contribution in [1.82, 2.24) is 0 Å². The maximum absolute atomic E-state index is 4.08. The number of halogens is 2. The molecule has 0 saturated carbocycles. The first-order chi connectivity index (χ1) is 7.51. The molecular weight excluding hydrogens is 313 g/mol. The molecule has 19 heavy (non-hydrogen) atoms. The summed E-state index contributed by atoms with van der Waals surface area (Å²) in [4.78, 5) is 0. The summed E-state index contributed by atoms with van der Waals surface area (Å²) in [5, 5.41) is 4.08. The summed E-state index contributed by atoms with van der Waals surface area (Å²) in [5.41, 5.74) is 4.51. The minimum Gasteiger partial charge on any atom is -0.662 e. The Kier molecular flexibility index (Phi) is 14.8. The topological polar surface area (TPSA) is 14.1 Å². The van der Waals surface area contributed by atoms with Crippen LogP contribution in [0.25, 0.3) is 5.32 Å². The number of nitrogens with zero attached hydrogens (tertiary/aromatic N) is 1. The predicted molar refractivity (Wildman–Crippen MR) is 86.0 cm³/mol. The van der Waals surface area contributed by atoms with Gasteiger partial charge in [0.05, 0.1) is 0 Å². The van der Waals surface area contributed by atoms with E-state index in [1.807, 2.05) is 0 Å². The van der Waals surface area contributed by atoms with E-state index in [9.17, 15) is 0 Å². The molecule has 2 aliphatic rings.